The Balaban J connectivity index is 3.92. The normalized spacial score (nSPS) is 13.7. The van der Waals surface area contributed by atoms with Gasteiger partial charge in [-0.3, -0.25) is 4.79 Å². The number of nitrogens with one attached hydrogen (secondary N) is 1. The molecule has 8 heteroatoms. The Bertz CT molecular complexity index is 406. The molecule has 0 fully saturated rings. The molecule has 0 saturated carbocycles. The van der Waals surface area contributed by atoms with Gasteiger partial charge in [0, 0.05) is 19.6 Å². The van der Waals surface area contributed by atoms with E-state index in [4.69, 9.17) is 9.47 Å². The minimum atomic E-state index is -2.09. The molecular formula is C16H29NO7. The molecule has 1 amide bonds. The molecule has 0 saturated heterocycles. The van der Waals surface area contributed by atoms with Crippen LogP contribution < -0.4 is 5.32 Å². The average Bonchev–Trinajstić information content (AvgIpc) is 2.45. The summed E-state index contributed by atoms with van der Waals surface area (Å²) in [5, 5.41) is 12.7. The molecule has 0 bridgehead atoms. The second kappa shape index (κ2) is 11.0. The van der Waals surface area contributed by atoms with E-state index in [0.29, 0.717) is 13.0 Å². The second-order valence-electron chi connectivity index (χ2n) is 6.31. The van der Waals surface area contributed by atoms with Crippen LogP contribution in [0.3, 0.4) is 0 Å². The van der Waals surface area contributed by atoms with E-state index in [0.717, 1.165) is 19.3 Å². The fraction of sp³-hybridized carbons (Fsp3) is 0.812. The molecule has 2 N–H and O–H groups in total. The highest BCUT2D eigenvalue weighted by atomic mass is 16.7. The highest BCUT2D eigenvalue weighted by Crippen LogP contribution is 2.19. The summed E-state index contributed by atoms with van der Waals surface area (Å²) in [5.41, 5.74) is -0.524. The van der Waals surface area contributed by atoms with E-state index in [-0.39, 0.29) is 19.5 Å². The molecule has 0 aromatic heterocycles. The standard InChI is InChI=1S/C16H29NO7/c1-5-23-16(21,13(19)22-12-18)10-8-6-7-9-11-17-14(20)24-15(2,3)4/h12,21H,5-11H2,1-4H3,(H,17,20). The fourth-order valence-corrected chi connectivity index (χ4v) is 1.96. The number of hydrogen-bond acceptors (Lipinski definition) is 7. The number of aliphatic hydroxyl groups is 1. The molecule has 0 aromatic rings. The smallest absolute Gasteiger partial charge is 0.407 e. The topological polar surface area (TPSA) is 111 Å². The van der Waals surface area contributed by atoms with Crippen LogP contribution in [0.2, 0.25) is 0 Å². The summed E-state index contributed by atoms with van der Waals surface area (Å²) in [4.78, 5) is 33.1. The maximum atomic E-state index is 11.5. The van der Waals surface area contributed by atoms with Crippen molar-refractivity contribution < 1.29 is 33.7 Å². The third kappa shape index (κ3) is 10.2. The summed E-state index contributed by atoms with van der Waals surface area (Å²) in [6.45, 7) is 7.57. The van der Waals surface area contributed by atoms with Gasteiger partial charge < -0.3 is 24.6 Å². The summed E-state index contributed by atoms with van der Waals surface area (Å²) < 4.78 is 14.3. The largest absolute Gasteiger partial charge is 0.444 e. The van der Waals surface area contributed by atoms with Crippen molar-refractivity contribution in [3.63, 3.8) is 0 Å². The molecule has 1 unspecified atom stereocenters. The average molecular weight is 347 g/mol. The third-order valence-electron chi connectivity index (χ3n) is 2.97. The van der Waals surface area contributed by atoms with Crippen LogP contribution in [-0.2, 0) is 23.8 Å². The first kappa shape index (κ1) is 22.3. The zero-order valence-corrected chi connectivity index (χ0v) is 14.9. The van der Waals surface area contributed by atoms with Crippen LogP contribution in [0.1, 0.15) is 59.8 Å². The Labute approximate surface area is 142 Å². The van der Waals surface area contributed by atoms with Crippen LogP contribution in [-0.4, -0.2) is 48.2 Å². The zero-order valence-electron chi connectivity index (χ0n) is 14.9. The van der Waals surface area contributed by atoms with Crippen LogP contribution in [0, 0.1) is 0 Å². The van der Waals surface area contributed by atoms with Crippen molar-refractivity contribution in [3.8, 4) is 0 Å². The number of unbranched alkanes of at least 4 members (excludes halogenated alkanes) is 3. The molecule has 0 heterocycles. The van der Waals surface area contributed by atoms with Crippen LogP contribution in [0.4, 0.5) is 4.79 Å². The molecule has 1 atom stereocenters. The SMILES string of the molecule is CCOC(O)(CCCCCCNC(=O)OC(C)(C)C)C(=O)OC=O. The Morgan fingerprint density at radius 2 is 1.75 bits per heavy atom. The maximum Gasteiger partial charge on any atom is 0.407 e. The molecule has 0 aliphatic heterocycles. The van der Waals surface area contributed by atoms with Crippen LogP contribution in [0.5, 0.6) is 0 Å². The summed E-state index contributed by atoms with van der Waals surface area (Å²) in [5.74, 6) is -3.20. The predicted molar refractivity (Wildman–Crippen MR) is 86.1 cm³/mol. The van der Waals surface area contributed by atoms with Crippen LogP contribution >= 0.6 is 0 Å². The van der Waals surface area contributed by atoms with Gasteiger partial charge in [-0.05, 0) is 40.5 Å². The van der Waals surface area contributed by atoms with Crippen molar-refractivity contribution in [2.24, 2.45) is 0 Å². The fourth-order valence-electron chi connectivity index (χ4n) is 1.96. The maximum absolute atomic E-state index is 11.5. The predicted octanol–water partition coefficient (Wildman–Crippen LogP) is 1.89. The van der Waals surface area contributed by atoms with E-state index >= 15 is 0 Å². The van der Waals surface area contributed by atoms with Gasteiger partial charge in [-0.25, -0.2) is 9.59 Å². The van der Waals surface area contributed by atoms with E-state index in [9.17, 15) is 19.5 Å². The third-order valence-corrected chi connectivity index (χ3v) is 2.97. The molecule has 0 aliphatic rings. The quantitative estimate of drug-likeness (QED) is 0.193. The van der Waals surface area contributed by atoms with E-state index in [1.54, 1.807) is 27.7 Å². The van der Waals surface area contributed by atoms with Gasteiger partial charge in [-0.1, -0.05) is 12.8 Å². The molecular weight excluding hydrogens is 318 g/mol. The van der Waals surface area contributed by atoms with E-state index in [1.165, 1.54) is 0 Å². The Morgan fingerprint density at radius 1 is 1.12 bits per heavy atom. The first-order valence-electron chi connectivity index (χ1n) is 8.12. The number of carbonyl (C=O) groups excluding carboxylic acids is 3. The molecule has 140 valence electrons. The molecule has 0 aromatic carbocycles. The van der Waals surface area contributed by atoms with Crippen molar-refractivity contribution in [2.45, 2.75) is 71.2 Å². The number of hydrogen-bond donors (Lipinski definition) is 2. The Morgan fingerprint density at radius 3 is 2.29 bits per heavy atom. The number of alkyl carbamates (subject to hydrolysis) is 1. The van der Waals surface area contributed by atoms with Crippen molar-refractivity contribution in [3.05, 3.63) is 0 Å². The van der Waals surface area contributed by atoms with Gasteiger partial charge in [-0.15, -0.1) is 0 Å². The number of rotatable bonds is 11. The summed E-state index contributed by atoms with van der Waals surface area (Å²) in [6, 6.07) is 0. The zero-order chi connectivity index (χ0) is 18.6. The summed E-state index contributed by atoms with van der Waals surface area (Å²) in [6.07, 6.45) is 2.35. The summed E-state index contributed by atoms with van der Waals surface area (Å²) in [7, 11) is 0. The molecule has 0 aliphatic carbocycles. The summed E-state index contributed by atoms with van der Waals surface area (Å²) >= 11 is 0. The van der Waals surface area contributed by atoms with E-state index < -0.39 is 23.5 Å². The number of esters is 1. The highest BCUT2D eigenvalue weighted by molar-refractivity contribution is 5.82. The van der Waals surface area contributed by atoms with E-state index in [1.807, 2.05) is 0 Å². The second-order valence-corrected chi connectivity index (χ2v) is 6.31. The lowest BCUT2D eigenvalue weighted by atomic mass is 10.1. The van der Waals surface area contributed by atoms with Crippen molar-refractivity contribution in [1.82, 2.24) is 5.32 Å². The lowest BCUT2D eigenvalue weighted by Gasteiger charge is -2.24. The van der Waals surface area contributed by atoms with Gasteiger partial charge >= 0.3 is 18.5 Å². The van der Waals surface area contributed by atoms with Crippen molar-refractivity contribution in [2.75, 3.05) is 13.2 Å². The minimum absolute atomic E-state index is 0.0331. The number of amides is 1. The van der Waals surface area contributed by atoms with Gasteiger partial charge in [0.1, 0.15) is 5.60 Å². The Hall–Kier alpha value is -1.67. The van der Waals surface area contributed by atoms with Crippen molar-refractivity contribution >= 4 is 18.5 Å². The molecule has 24 heavy (non-hydrogen) atoms. The van der Waals surface area contributed by atoms with E-state index in [2.05, 4.69) is 10.1 Å². The van der Waals surface area contributed by atoms with Gasteiger partial charge in [0.05, 0.1) is 0 Å². The monoisotopic (exact) mass is 347 g/mol. The molecule has 0 spiro atoms. The van der Waals surface area contributed by atoms with Gasteiger partial charge in [-0.2, -0.15) is 0 Å². The van der Waals surface area contributed by atoms with Gasteiger partial charge in [0.15, 0.2) is 0 Å². The minimum Gasteiger partial charge on any atom is -0.444 e. The highest BCUT2D eigenvalue weighted by Gasteiger charge is 2.38. The molecule has 0 rings (SSSR count). The van der Waals surface area contributed by atoms with Crippen LogP contribution in [0.15, 0.2) is 0 Å². The molecule has 0 radical (unpaired) electrons. The van der Waals surface area contributed by atoms with Gasteiger partial charge in [0.25, 0.3) is 5.79 Å². The first-order valence-corrected chi connectivity index (χ1v) is 8.12. The van der Waals surface area contributed by atoms with Crippen LogP contribution in [0.25, 0.3) is 0 Å². The number of ether oxygens (including phenoxy) is 3. The first-order chi connectivity index (χ1) is 11.1. The molecule has 8 nitrogen and oxygen atoms in total. The van der Waals surface area contributed by atoms with Crippen molar-refractivity contribution in [1.29, 1.82) is 0 Å². The Kier molecular flexibility index (Phi) is 10.2. The number of carbonyl (C=O) groups is 3. The lowest BCUT2D eigenvalue weighted by Crippen LogP contribution is -2.42. The van der Waals surface area contributed by atoms with Gasteiger partial charge in [0.2, 0.25) is 0 Å². The lowest BCUT2D eigenvalue weighted by molar-refractivity contribution is -0.227.